The Morgan fingerprint density at radius 2 is 1.66 bits per heavy atom. The number of rotatable bonds is 7. The number of nitrogens with two attached hydrogens (primary N) is 1. The number of nitrogens with zero attached hydrogens (tertiary/aromatic N) is 2. The summed E-state index contributed by atoms with van der Waals surface area (Å²) in [6.45, 7) is 8.43. The second-order valence-electron chi connectivity index (χ2n) is 10.2. The molecule has 1 aromatic heterocycles. The van der Waals surface area contributed by atoms with Crippen LogP contribution < -0.4 is 21.0 Å². The molecule has 7 nitrogen and oxygen atoms in total. The first-order valence-electron chi connectivity index (χ1n) is 12.1. The zero-order valence-corrected chi connectivity index (χ0v) is 23.9. The first-order chi connectivity index (χ1) is 17.9. The first-order valence-corrected chi connectivity index (χ1v) is 14.0. The number of carbonyl (C=O) groups is 2. The predicted molar refractivity (Wildman–Crippen MR) is 153 cm³/mol. The summed E-state index contributed by atoms with van der Waals surface area (Å²) in [5.74, 6) is -0.432. The second kappa shape index (κ2) is 10.8. The molecule has 0 aliphatic heterocycles. The minimum absolute atomic E-state index is 0.0291. The summed E-state index contributed by atoms with van der Waals surface area (Å²) < 4.78 is 2.58. The number of primary amides is 1. The van der Waals surface area contributed by atoms with E-state index in [1.54, 1.807) is 37.5 Å². The fourth-order valence-electron chi connectivity index (χ4n) is 4.01. The molecule has 0 aliphatic carbocycles. The summed E-state index contributed by atoms with van der Waals surface area (Å²) in [5, 5.41) is 3.02. The maximum absolute atomic E-state index is 13.1. The van der Waals surface area contributed by atoms with Crippen LogP contribution in [0, 0.1) is 6.92 Å². The molecule has 3 N–H and O–H groups in total. The van der Waals surface area contributed by atoms with Gasteiger partial charge in [0.05, 0.1) is 0 Å². The molecule has 1 radical (unpaired) electrons. The molecule has 4 rings (SSSR count). The van der Waals surface area contributed by atoms with Crippen molar-refractivity contribution in [2.24, 2.45) is 12.8 Å². The van der Waals surface area contributed by atoms with Crippen molar-refractivity contribution in [2.75, 3.05) is 5.32 Å². The van der Waals surface area contributed by atoms with Crippen LogP contribution in [0.1, 0.15) is 52.6 Å². The van der Waals surface area contributed by atoms with Gasteiger partial charge in [-0.1, -0.05) is 0 Å². The molecule has 0 saturated carbocycles. The van der Waals surface area contributed by atoms with Gasteiger partial charge in [0.1, 0.15) is 0 Å². The molecule has 0 unspecified atom stereocenters. The number of amides is 1. The number of hydrogen-bond acceptors (Lipinski definition) is 5. The zero-order valence-electron chi connectivity index (χ0n) is 22.1. The Morgan fingerprint density at radius 1 is 0.974 bits per heavy atom. The van der Waals surface area contributed by atoms with Crippen molar-refractivity contribution in [2.45, 2.75) is 33.1 Å². The van der Waals surface area contributed by atoms with Crippen molar-refractivity contribution in [3.05, 3.63) is 106 Å². The van der Waals surface area contributed by atoms with Gasteiger partial charge in [0, 0.05) is 0 Å². The van der Waals surface area contributed by atoms with Crippen LogP contribution in [-0.2, 0) is 12.5 Å². The molecule has 1 amide bonds. The Kier molecular flexibility index (Phi) is 7.70. The Labute approximate surface area is 228 Å². The third-order valence-electron chi connectivity index (χ3n) is 6.28. The topological polar surface area (TPSA) is 107 Å². The second-order valence-corrected chi connectivity index (χ2v) is 12.5. The van der Waals surface area contributed by atoms with Crippen LogP contribution in [0.5, 0.6) is 0 Å². The standard InChI is InChI=1S/C30H30AsN4O3/c1-18-23(10-7-11-24(18)31-26(36)19-12-14-21(15-13-19)30(2,3)4)25-17-35(5)29(38)28(34-25)33-22-9-6-8-20(16-22)27(32)37/h6-17H,1-5H3,(H2,32,37)(H,33,34). The van der Waals surface area contributed by atoms with Gasteiger partial charge in [-0.3, -0.25) is 0 Å². The van der Waals surface area contributed by atoms with E-state index in [4.69, 9.17) is 5.73 Å². The fourth-order valence-corrected chi connectivity index (χ4v) is 6.00. The first kappa shape index (κ1) is 27.1. The molecular formula is C30H30AsN4O3. The molecule has 0 aliphatic rings. The van der Waals surface area contributed by atoms with E-state index < -0.39 is 21.7 Å². The van der Waals surface area contributed by atoms with E-state index in [-0.39, 0.29) is 21.4 Å². The number of anilines is 2. The van der Waals surface area contributed by atoms with E-state index in [2.05, 4.69) is 31.1 Å². The summed E-state index contributed by atoms with van der Waals surface area (Å²) in [5.41, 5.74) is 10.3. The Bertz CT molecular complexity index is 1580. The molecule has 1 heterocycles. The normalized spacial score (nSPS) is 11.6. The van der Waals surface area contributed by atoms with Crippen LogP contribution >= 0.6 is 0 Å². The Balaban J connectivity index is 1.64. The van der Waals surface area contributed by atoms with Gasteiger partial charge in [0.25, 0.3) is 0 Å². The van der Waals surface area contributed by atoms with Gasteiger partial charge < -0.3 is 0 Å². The SMILES string of the molecule is Cc1c([As]C(=O)c2ccc(C(C)(C)C)cc2)cccc1-c1cn(C)c(=O)c(Nc2cccc(C(N)=O)c2)n1. The molecule has 0 atom stereocenters. The number of carbonyl (C=O) groups excluding carboxylic acids is 2. The zero-order chi connectivity index (χ0) is 27.6. The van der Waals surface area contributed by atoms with Gasteiger partial charge in [-0.05, 0) is 0 Å². The molecular weight excluding hydrogens is 539 g/mol. The predicted octanol–water partition coefficient (Wildman–Crippen LogP) is 4.07. The van der Waals surface area contributed by atoms with Crippen LogP contribution in [0.2, 0.25) is 0 Å². The van der Waals surface area contributed by atoms with Crippen LogP contribution in [0.15, 0.2) is 77.7 Å². The summed E-state index contributed by atoms with van der Waals surface area (Å²) >= 11 is -0.773. The van der Waals surface area contributed by atoms with Gasteiger partial charge in [-0.15, -0.1) is 0 Å². The van der Waals surface area contributed by atoms with Crippen LogP contribution in [0.4, 0.5) is 11.5 Å². The molecule has 8 heteroatoms. The van der Waals surface area contributed by atoms with Gasteiger partial charge in [0.2, 0.25) is 0 Å². The average molecular weight is 570 g/mol. The van der Waals surface area contributed by atoms with E-state index in [9.17, 15) is 14.4 Å². The minimum atomic E-state index is -0.773. The van der Waals surface area contributed by atoms with E-state index in [1.165, 1.54) is 10.1 Å². The van der Waals surface area contributed by atoms with Gasteiger partial charge in [-0.25, -0.2) is 0 Å². The number of hydrogen-bond donors (Lipinski definition) is 2. The molecule has 0 saturated heterocycles. The van der Waals surface area contributed by atoms with Crippen molar-refractivity contribution in [3.63, 3.8) is 0 Å². The summed E-state index contributed by atoms with van der Waals surface area (Å²) in [6.07, 6.45) is 1.68. The number of nitrogens with one attached hydrogen (secondary N) is 1. The van der Waals surface area contributed by atoms with E-state index >= 15 is 0 Å². The molecule has 0 spiro atoms. The molecule has 4 aromatic rings. The van der Waals surface area contributed by atoms with Gasteiger partial charge in [-0.2, -0.15) is 0 Å². The van der Waals surface area contributed by atoms with Crippen molar-refractivity contribution in [3.8, 4) is 11.3 Å². The number of aryl methyl sites for hydroxylation is 1. The van der Waals surface area contributed by atoms with Crippen LogP contribution in [0.25, 0.3) is 11.3 Å². The van der Waals surface area contributed by atoms with Crippen LogP contribution in [0.3, 0.4) is 0 Å². The average Bonchev–Trinajstić information content (AvgIpc) is 2.87. The van der Waals surface area contributed by atoms with Crippen molar-refractivity contribution in [1.29, 1.82) is 0 Å². The summed E-state index contributed by atoms with van der Waals surface area (Å²) in [6, 6.07) is 20.3. The van der Waals surface area contributed by atoms with E-state index in [1.807, 2.05) is 49.4 Å². The number of benzene rings is 3. The van der Waals surface area contributed by atoms with Gasteiger partial charge >= 0.3 is 229 Å². The van der Waals surface area contributed by atoms with Crippen molar-refractivity contribution in [1.82, 2.24) is 9.55 Å². The third kappa shape index (κ3) is 5.95. The van der Waals surface area contributed by atoms with Crippen molar-refractivity contribution >= 4 is 42.1 Å². The molecule has 3 aromatic carbocycles. The van der Waals surface area contributed by atoms with Gasteiger partial charge in [0.15, 0.2) is 0 Å². The quantitative estimate of drug-likeness (QED) is 0.327. The molecule has 193 valence electrons. The van der Waals surface area contributed by atoms with Crippen molar-refractivity contribution < 1.29 is 9.59 Å². The Morgan fingerprint density at radius 3 is 2.32 bits per heavy atom. The Hall–Kier alpha value is -3.96. The molecule has 0 bridgehead atoms. The molecule has 0 fully saturated rings. The number of aromatic nitrogens is 2. The monoisotopic (exact) mass is 569 g/mol. The maximum atomic E-state index is 13.1. The third-order valence-corrected chi connectivity index (χ3v) is 8.77. The molecule has 38 heavy (non-hydrogen) atoms. The summed E-state index contributed by atoms with van der Waals surface area (Å²) in [7, 11) is 1.66. The summed E-state index contributed by atoms with van der Waals surface area (Å²) in [4.78, 5) is 42.1. The van der Waals surface area contributed by atoms with E-state index in [0.29, 0.717) is 22.5 Å². The van der Waals surface area contributed by atoms with E-state index in [0.717, 1.165) is 15.5 Å². The van der Waals surface area contributed by atoms with Crippen LogP contribution in [-0.4, -0.2) is 35.8 Å². The fraction of sp³-hybridized carbons (Fsp3) is 0.200.